The minimum absolute atomic E-state index is 0.0814. The van der Waals surface area contributed by atoms with Crippen molar-refractivity contribution in [1.82, 2.24) is 0 Å². The van der Waals surface area contributed by atoms with Crippen molar-refractivity contribution < 1.29 is 23.9 Å². The summed E-state index contributed by atoms with van der Waals surface area (Å²) in [6.07, 6.45) is 3.92. The van der Waals surface area contributed by atoms with Crippen LogP contribution in [0.5, 0.6) is 0 Å². The van der Waals surface area contributed by atoms with Gasteiger partial charge in [-0.25, -0.2) is 0 Å². The van der Waals surface area contributed by atoms with E-state index in [0.29, 0.717) is 31.0 Å². The Morgan fingerprint density at radius 2 is 1.72 bits per heavy atom. The second-order valence-electron chi connectivity index (χ2n) is 10.6. The fraction of sp³-hybridized carbons (Fsp3) is 0.875. The molecule has 0 aromatic heterocycles. The van der Waals surface area contributed by atoms with Gasteiger partial charge < -0.3 is 9.47 Å². The number of ketones is 1. The molecule has 2 bridgehead atoms. The molecule has 0 N–H and O–H groups in total. The number of hydrogen-bond donors (Lipinski definition) is 0. The Kier molecular flexibility index (Phi) is 5.68. The summed E-state index contributed by atoms with van der Waals surface area (Å²) in [5, 5.41) is 0. The molecule has 0 saturated heterocycles. The SMILES string of the molecule is CC[C@]1(C)C[C@@H](OC(C)=O)[C@]2(C)[C@H](C)CC[C@]3(CC(=O)C[C@H]32)[C@@H](C)[C@@H]1OC(C)=O. The van der Waals surface area contributed by atoms with E-state index in [1.165, 1.54) is 13.8 Å². The first kappa shape index (κ1) is 22.3. The second-order valence-corrected chi connectivity index (χ2v) is 10.6. The number of ether oxygens (including phenoxy) is 2. The van der Waals surface area contributed by atoms with Crippen LogP contribution in [0.1, 0.15) is 87.0 Å². The van der Waals surface area contributed by atoms with Gasteiger partial charge in [-0.05, 0) is 42.9 Å². The molecule has 164 valence electrons. The molecule has 3 saturated carbocycles. The average molecular weight is 407 g/mol. The summed E-state index contributed by atoms with van der Waals surface area (Å²) in [5.74, 6) is 0.318. The monoisotopic (exact) mass is 406 g/mol. The van der Waals surface area contributed by atoms with E-state index in [9.17, 15) is 14.4 Å². The maximum Gasteiger partial charge on any atom is 0.302 e. The second kappa shape index (κ2) is 7.39. The molecule has 0 amide bonds. The van der Waals surface area contributed by atoms with Crippen molar-refractivity contribution in [2.75, 3.05) is 0 Å². The van der Waals surface area contributed by atoms with Crippen LogP contribution in [-0.4, -0.2) is 29.9 Å². The molecule has 8 atom stereocenters. The molecule has 3 rings (SSSR count). The quantitative estimate of drug-likeness (QED) is 0.635. The number of Topliss-reactive ketones (excluding diaryl/α,β-unsaturated/α-hetero) is 1. The van der Waals surface area contributed by atoms with Gasteiger partial charge in [0.2, 0.25) is 0 Å². The predicted molar refractivity (Wildman–Crippen MR) is 110 cm³/mol. The van der Waals surface area contributed by atoms with Crippen LogP contribution in [-0.2, 0) is 23.9 Å². The van der Waals surface area contributed by atoms with Crippen LogP contribution in [0.4, 0.5) is 0 Å². The maximum absolute atomic E-state index is 12.8. The van der Waals surface area contributed by atoms with E-state index in [4.69, 9.17) is 9.47 Å². The van der Waals surface area contributed by atoms with Crippen molar-refractivity contribution in [3.63, 3.8) is 0 Å². The average Bonchev–Trinajstić information content (AvgIpc) is 2.99. The topological polar surface area (TPSA) is 69.7 Å². The van der Waals surface area contributed by atoms with E-state index in [1.807, 2.05) is 0 Å². The van der Waals surface area contributed by atoms with E-state index in [-0.39, 0.29) is 52.2 Å². The molecule has 0 heterocycles. The van der Waals surface area contributed by atoms with E-state index in [2.05, 4.69) is 34.6 Å². The zero-order valence-corrected chi connectivity index (χ0v) is 19.2. The minimum Gasteiger partial charge on any atom is -0.462 e. The lowest BCUT2D eigenvalue weighted by Crippen LogP contribution is -2.62. The first-order valence-electron chi connectivity index (χ1n) is 11.3. The molecule has 29 heavy (non-hydrogen) atoms. The Balaban J connectivity index is 2.23. The lowest BCUT2D eigenvalue weighted by molar-refractivity contribution is -0.219. The van der Waals surface area contributed by atoms with Crippen LogP contribution in [0.25, 0.3) is 0 Å². The number of carbonyl (C=O) groups is 3. The largest absolute Gasteiger partial charge is 0.462 e. The molecule has 3 aliphatic carbocycles. The summed E-state index contributed by atoms with van der Waals surface area (Å²) in [4.78, 5) is 37.0. The normalized spacial score (nSPS) is 47.0. The van der Waals surface area contributed by atoms with Gasteiger partial charge in [-0.1, -0.05) is 34.6 Å². The molecule has 3 aliphatic rings. The first-order valence-corrected chi connectivity index (χ1v) is 11.3. The number of rotatable bonds is 3. The van der Waals surface area contributed by atoms with Gasteiger partial charge in [0, 0.05) is 43.4 Å². The Morgan fingerprint density at radius 1 is 1.10 bits per heavy atom. The molecule has 0 aliphatic heterocycles. The van der Waals surface area contributed by atoms with Gasteiger partial charge in [0.1, 0.15) is 18.0 Å². The summed E-state index contributed by atoms with van der Waals surface area (Å²) in [6, 6.07) is 0. The smallest absolute Gasteiger partial charge is 0.302 e. The molecular weight excluding hydrogens is 368 g/mol. The van der Waals surface area contributed by atoms with Crippen molar-refractivity contribution in [1.29, 1.82) is 0 Å². The van der Waals surface area contributed by atoms with Gasteiger partial charge in [0.15, 0.2) is 0 Å². The predicted octanol–water partition coefficient (Wildman–Crippen LogP) is 4.71. The number of esters is 2. The third kappa shape index (κ3) is 3.33. The zero-order valence-electron chi connectivity index (χ0n) is 19.2. The molecule has 0 aromatic carbocycles. The molecule has 0 radical (unpaired) electrons. The van der Waals surface area contributed by atoms with Gasteiger partial charge in [-0.15, -0.1) is 0 Å². The summed E-state index contributed by atoms with van der Waals surface area (Å²) in [5.41, 5.74) is -0.789. The molecule has 5 heteroatoms. The van der Waals surface area contributed by atoms with Crippen LogP contribution in [0.2, 0.25) is 0 Å². The Labute approximate surface area is 175 Å². The van der Waals surface area contributed by atoms with Crippen LogP contribution in [0.3, 0.4) is 0 Å². The summed E-state index contributed by atoms with van der Waals surface area (Å²) < 4.78 is 12.0. The standard InChI is InChI=1S/C24H38O5/c1-8-22(6)13-20(28-16(4)25)23(7)14(2)9-10-24(12-18(27)11-19(23)24)15(3)21(22)29-17(5)26/h14-15,19-21H,8-13H2,1-7H3/t14-,15+,19+,20-,21+,22-,23-,24+/m1/s1. The third-order valence-electron chi connectivity index (χ3n) is 9.31. The van der Waals surface area contributed by atoms with Crippen molar-refractivity contribution in [2.24, 2.45) is 34.0 Å². The van der Waals surface area contributed by atoms with Gasteiger partial charge in [-0.3, -0.25) is 14.4 Å². The summed E-state index contributed by atoms with van der Waals surface area (Å²) in [6.45, 7) is 13.9. The van der Waals surface area contributed by atoms with Crippen molar-refractivity contribution in [3.8, 4) is 0 Å². The number of hydrogen-bond acceptors (Lipinski definition) is 5. The lowest BCUT2D eigenvalue weighted by Gasteiger charge is -2.62. The van der Waals surface area contributed by atoms with Gasteiger partial charge in [-0.2, -0.15) is 0 Å². The summed E-state index contributed by atoms with van der Waals surface area (Å²) in [7, 11) is 0. The molecule has 0 unspecified atom stereocenters. The highest BCUT2D eigenvalue weighted by Gasteiger charge is 2.67. The Morgan fingerprint density at radius 3 is 2.28 bits per heavy atom. The van der Waals surface area contributed by atoms with Gasteiger partial charge in [0.25, 0.3) is 0 Å². The van der Waals surface area contributed by atoms with E-state index < -0.39 is 0 Å². The van der Waals surface area contributed by atoms with Crippen molar-refractivity contribution in [3.05, 3.63) is 0 Å². The first-order chi connectivity index (χ1) is 13.4. The van der Waals surface area contributed by atoms with Crippen molar-refractivity contribution in [2.45, 2.75) is 99.2 Å². The third-order valence-corrected chi connectivity index (χ3v) is 9.31. The molecular formula is C24H38O5. The number of carbonyl (C=O) groups excluding carboxylic acids is 3. The highest BCUT2D eigenvalue weighted by atomic mass is 16.6. The Hall–Kier alpha value is -1.39. The maximum atomic E-state index is 12.8. The Bertz CT molecular complexity index is 701. The highest BCUT2D eigenvalue weighted by molar-refractivity contribution is 5.82. The van der Waals surface area contributed by atoms with E-state index in [1.54, 1.807) is 0 Å². The van der Waals surface area contributed by atoms with Gasteiger partial charge >= 0.3 is 11.9 Å². The van der Waals surface area contributed by atoms with Crippen LogP contribution < -0.4 is 0 Å². The van der Waals surface area contributed by atoms with Crippen molar-refractivity contribution >= 4 is 17.7 Å². The fourth-order valence-corrected chi connectivity index (χ4v) is 7.28. The fourth-order valence-electron chi connectivity index (χ4n) is 7.28. The van der Waals surface area contributed by atoms with E-state index >= 15 is 0 Å². The van der Waals surface area contributed by atoms with Gasteiger partial charge in [0.05, 0.1) is 0 Å². The molecule has 5 nitrogen and oxygen atoms in total. The lowest BCUT2D eigenvalue weighted by atomic mass is 9.44. The highest BCUT2D eigenvalue weighted by Crippen LogP contribution is 2.68. The molecule has 3 fully saturated rings. The molecule has 0 spiro atoms. The minimum atomic E-state index is -0.326. The van der Waals surface area contributed by atoms with Crippen LogP contribution in [0.15, 0.2) is 0 Å². The van der Waals surface area contributed by atoms with Crippen LogP contribution >= 0.6 is 0 Å². The van der Waals surface area contributed by atoms with Crippen LogP contribution in [0, 0.1) is 34.0 Å². The van der Waals surface area contributed by atoms with E-state index in [0.717, 1.165) is 19.3 Å². The zero-order chi connectivity index (χ0) is 21.8. The summed E-state index contributed by atoms with van der Waals surface area (Å²) >= 11 is 0. The molecule has 0 aromatic rings.